The van der Waals surface area contributed by atoms with E-state index < -0.39 is 0 Å². The van der Waals surface area contributed by atoms with Crippen molar-refractivity contribution in [3.63, 3.8) is 0 Å². The van der Waals surface area contributed by atoms with Crippen molar-refractivity contribution in [1.82, 2.24) is 15.0 Å². The topological polar surface area (TPSA) is 80.0 Å². The highest BCUT2D eigenvalue weighted by Crippen LogP contribution is 2.12. The first-order valence-electron chi connectivity index (χ1n) is 8.18. The monoisotopic (exact) mass is 354 g/mol. The SMILES string of the molecule is Cc1c(CC(=O)Nc2ccc(CO)cc2)nnn1Cc1cccc(F)c1. The van der Waals surface area contributed by atoms with Gasteiger partial charge in [-0.2, -0.15) is 0 Å². The van der Waals surface area contributed by atoms with Crippen LogP contribution in [0.5, 0.6) is 0 Å². The highest BCUT2D eigenvalue weighted by Gasteiger charge is 2.13. The van der Waals surface area contributed by atoms with E-state index in [2.05, 4.69) is 15.6 Å². The molecule has 134 valence electrons. The number of anilines is 1. The van der Waals surface area contributed by atoms with E-state index in [4.69, 9.17) is 5.11 Å². The lowest BCUT2D eigenvalue weighted by molar-refractivity contribution is -0.115. The van der Waals surface area contributed by atoms with Crippen LogP contribution in [-0.2, 0) is 24.4 Å². The Morgan fingerprint density at radius 1 is 1.19 bits per heavy atom. The third-order valence-electron chi connectivity index (χ3n) is 4.05. The molecular weight excluding hydrogens is 335 g/mol. The van der Waals surface area contributed by atoms with Gasteiger partial charge in [0.05, 0.1) is 31.0 Å². The molecule has 1 amide bonds. The van der Waals surface area contributed by atoms with Gasteiger partial charge in [0.15, 0.2) is 0 Å². The Labute approximate surface area is 150 Å². The zero-order chi connectivity index (χ0) is 18.5. The molecule has 0 saturated heterocycles. The summed E-state index contributed by atoms with van der Waals surface area (Å²) in [6.07, 6.45) is 0.0940. The van der Waals surface area contributed by atoms with Gasteiger partial charge in [-0.1, -0.05) is 29.5 Å². The first kappa shape index (κ1) is 17.8. The quantitative estimate of drug-likeness (QED) is 0.713. The van der Waals surface area contributed by atoms with Crippen LogP contribution in [0.4, 0.5) is 10.1 Å². The fourth-order valence-electron chi connectivity index (χ4n) is 2.57. The molecule has 2 N–H and O–H groups in total. The normalized spacial score (nSPS) is 10.7. The molecule has 0 aliphatic heterocycles. The van der Waals surface area contributed by atoms with Crippen molar-refractivity contribution in [3.8, 4) is 0 Å². The minimum absolute atomic E-state index is 0.0398. The van der Waals surface area contributed by atoms with Gasteiger partial charge >= 0.3 is 0 Å². The van der Waals surface area contributed by atoms with Gasteiger partial charge < -0.3 is 10.4 Å². The zero-order valence-corrected chi connectivity index (χ0v) is 14.3. The number of aliphatic hydroxyl groups is 1. The molecule has 3 aromatic rings. The number of nitrogens with one attached hydrogen (secondary N) is 1. The molecule has 3 rings (SSSR count). The van der Waals surface area contributed by atoms with Crippen LogP contribution in [0.1, 0.15) is 22.5 Å². The number of nitrogens with zero attached hydrogens (tertiary/aromatic N) is 3. The summed E-state index contributed by atoms with van der Waals surface area (Å²) in [7, 11) is 0. The predicted molar refractivity (Wildman–Crippen MR) is 95.0 cm³/mol. The summed E-state index contributed by atoms with van der Waals surface area (Å²) in [6.45, 7) is 2.18. The van der Waals surface area contributed by atoms with Crippen LogP contribution in [0.2, 0.25) is 0 Å². The van der Waals surface area contributed by atoms with Crippen molar-refractivity contribution in [2.75, 3.05) is 5.32 Å². The summed E-state index contributed by atoms with van der Waals surface area (Å²) in [5.41, 5.74) is 3.54. The summed E-state index contributed by atoms with van der Waals surface area (Å²) in [6, 6.07) is 13.3. The zero-order valence-electron chi connectivity index (χ0n) is 14.3. The molecule has 0 atom stereocenters. The van der Waals surface area contributed by atoms with E-state index in [-0.39, 0.29) is 24.8 Å². The molecule has 0 fully saturated rings. The van der Waals surface area contributed by atoms with Crippen molar-refractivity contribution < 1.29 is 14.3 Å². The number of amides is 1. The van der Waals surface area contributed by atoms with E-state index in [9.17, 15) is 9.18 Å². The molecule has 0 unspecified atom stereocenters. The number of hydrogen-bond acceptors (Lipinski definition) is 4. The standard InChI is InChI=1S/C19H19FN4O2/c1-13-18(10-19(26)21-17-7-5-14(12-25)6-8-17)22-23-24(13)11-15-3-2-4-16(20)9-15/h2-9,25H,10-12H2,1H3,(H,21,26). The Morgan fingerprint density at radius 2 is 1.96 bits per heavy atom. The number of aromatic nitrogens is 3. The van der Waals surface area contributed by atoms with E-state index >= 15 is 0 Å². The van der Waals surface area contributed by atoms with Crippen molar-refractivity contribution in [3.05, 3.63) is 76.9 Å². The number of carbonyl (C=O) groups is 1. The molecule has 2 aromatic carbocycles. The average molecular weight is 354 g/mol. The Morgan fingerprint density at radius 3 is 2.65 bits per heavy atom. The van der Waals surface area contributed by atoms with Gasteiger partial charge in [-0.3, -0.25) is 4.79 Å². The molecule has 1 aromatic heterocycles. The molecule has 0 aliphatic carbocycles. The van der Waals surface area contributed by atoms with Crippen LogP contribution in [0.3, 0.4) is 0 Å². The molecule has 0 spiro atoms. The summed E-state index contributed by atoms with van der Waals surface area (Å²) in [5, 5.41) is 19.9. The highest BCUT2D eigenvalue weighted by molar-refractivity contribution is 5.92. The van der Waals surface area contributed by atoms with Gasteiger partial charge in [0.2, 0.25) is 5.91 Å². The molecule has 1 heterocycles. The number of carbonyl (C=O) groups excluding carboxylic acids is 1. The smallest absolute Gasteiger partial charge is 0.230 e. The molecule has 0 bridgehead atoms. The third-order valence-corrected chi connectivity index (χ3v) is 4.05. The minimum Gasteiger partial charge on any atom is -0.392 e. The fraction of sp³-hybridized carbons (Fsp3) is 0.211. The molecular formula is C19H19FN4O2. The summed E-state index contributed by atoms with van der Waals surface area (Å²) in [4.78, 5) is 12.2. The van der Waals surface area contributed by atoms with Crippen molar-refractivity contribution in [2.24, 2.45) is 0 Å². The number of benzene rings is 2. The van der Waals surface area contributed by atoms with Crippen molar-refractivity contribution in [1.29, 1.82) is 0 Å². The maximum absolute atomic E-state index is 13.3. The summed E-state index contributed by atoms with van der Waals surface area (Å²) in [5.74, 6) is -0.505. The summed E-state index contributed by atoms with van der Waals surface area (Å²) >= 11 is 0. The Bertz CT molecular complexity index is 906. The second-order valence-electron chi connectivity index (χ2n) is 5.99. The van der Waals surface area contributed by atoms with Crippen LogP contribution in [0.25, 0.3) is 0 Å². The third kappa shape index (κ3) is 4.31. The van der Waals surface area contributed by atoms with Crippen LogP contribution < -0.4 is 5.32 Å². The van der Waals surface area contributed by atoms with Gasteiger partial charge in [0, 0.05) is 5.69 Å². The van der Waals surface area contributed by atoms with Gasteiger partial charge in [0.1, 0.15) is 5.82 Å². The molecule has 0 saturated carbocycles. The van der Waals surface area contributed by atoms with Gasteiger partial charge in [0.25, 0.3) is 0 Å². The Balaban J connectivity index is 1.64. The van der Waals surface area contributed by atoms with Crippen LogP contribution >= 0.6 is 0 Å². The lowest BCUT2D eigenvalue weighted by atomic mass is 10.2. The first-order valence-corrected chi connectivity index (χ1v) is 8.18. The first-order chi connectivity index (χ1) is 12.5. The molecule has 0 aliphatic rings. The lowest BCUT2D eigenvalue weighted by Crippen LogP contribution is -2.15. The second-order valence-corrected chi connectivity index (χ2v) is 5.99. The van der Waals surface area contributed by atoms with E-state index in [1.165, 1.54) is 12.1 Å². The highest BCUT2D eigenvalue weighted by atomic mass is 19.1. The van der Waals surface area contributed by atoms with E-state index in [0.717, 1.165) is 16.8 Å². The largest absolute Gasteiger partial charge is 0.392 e. The van der Waals surface area contributed by atoms with E-state index in [1.807, 2.05) is 13.0 Å². The molecule has 0 radical (unpaired) electrons. The Kier molecular flexibility index (Phi) is 5.38. The lowest BCUT2D eigenvalue weighted by Gasteiger charge is -2.06. The number of aliphatic hydroxyl groups excluding tert-OH is 1. The average Bonchev–Trinajstić information content (AvgIpc) is 2.96. The minimum atomic E-state index is -0.299. The maximum atomic E-state index is 13.3. The van der Waals surface area contributed by atoms with E-state index in [0.29, 0.717) is 17.9 Å². The molecule has 7 heteroatoms. The summed E-state index contributed by atoms with van der Waals surface area (Å²) < 4.78 is 14.9. The van der Waals surface area contributed by atoms with Gasteiger partial charge in [-0.15, -0.1) is 5.10 Å². The van der Waals surface area contributed by atoms with Crippen molar-refractivity contribution in [2.45, 2.75) is 26.5 Å². The fourth-order valence-corrected chi connectivity index (χ4v) is 2.57. The van der Waals surface area contributed by atoms with E-state index in [1.54, 1.807) is 35.0 Å². The number of halogens is 1. The number of hydrogen-bond donors (Lipinski definition) is 2. The molecule has 6 nitrogen and oxygen atoms in total. The molecule has 26 heavy (non-hydrogen) atoms. The second kappa shape index (κ2) is 7.88. The van der Waals surface area contributed by atoms with Crippen LogP contribution in [0, 0.1) is 12.7 Å². The van der Waals surface area contributed by atoms with Crippen molar-refractivity contribution >= 4 is 11.6 Å². The predicted octanol–water partition coefficient (Wildman–Crippen LogP) is 2.45. The van der Waals surface area contributed by atoms with Crippen LogP contribution in [-0.4, -0.2) is 26.0 Å². The van der Waals surface area contributed by atoms with Gasteiger partial charge in [-0.05, 0) is 42.3 Å². The van der Waals surface area contributed by atoms with Crippen LogP contribution in [0.15, 0.2) is 48.5 Å². The maximum Gasteiger partial charge on any atom is 0.230 e. The Hall–Kier alpha value is -3.06. The number of rotatable bonds is 6. The van der Waals surface area contributed by atoms with Gasteiger partial charge in [-0.25, -0.2) is 9.07 Å².